The van der Waals surface area contributed by atoms with Crippen molar-refractivity contribution in [3.63, 3.8) is 0 Å². The van der Waals surface area contributed by atoms with Gasteiger partial charge in [-0.2, -0.15) is 0 Å². The van der Waals surface area contributed by atoms with Crippen molar-refractivity contribution in [2.75, 3.05) is 12.3 Å². The number of aryl methyl sites for hydroxylation is 1. The van der Waals surface area contributed by atoms with Gasteiger partial charge in [0.05, 0.1) is 5.75 Å². The Morgan fingerprint density at radius 2 is 1.68 bits per heavy atom. The summed E-state index contributed by atoms with van der Waals surface area (Å²) in [6.45, 7) is 6.90. The largest absolute Gasteiger partial charge is 0.354 e. The molecule has 0 heterocycles. The van der Waals surface area contributed by atoms with Gasteiger partial charge in [-0.1, -0.05) is 103 Å². The van der Waals surface area contributed by atoms with Gasteiger partial charge >= 0.3 is 0 Å². The van der Waals surface area contributed by atoms with E-state index in [1.165, 1.54) is 11.1 Å². The van der Waals surface area contributed by atoms with Crippen LogP contribution in [0.2, 0.25) is 10.0 Å². The summed E-state index contributed by atoms with van der Waals surface area (Å²) in [7, 11) is 0. The maximum atomic E-state index is 13.7. The molecule has 0 aliphatic heterocycles. The molecular weight excluding hydrogens is 523 g/mol. The average Bonchev–Trinajstić information content (AvgIpc) is 2.86. The molecule has 3 aromatic rings. The standard InChI is InChI=1S/C30H34Cl2N2O2S/c1-21(2)17-33-30(36)28(15-23-9-5-4-6-10-23)34(18-25-12-13-26(31)16-27(25)32)29(35)20-37-19-24-11-7-8-22(3)14-24/h4-14,16,21,28H,15,17-20H2,1-3H3,(H,33,36). The van der Waals surface area contributed by atoms with Gasteiger partial charge in [-0.05, 0) is 41.7 Å². The average molecular weight is 558 g/mol. The van der Waals surface area contributed by atoms with Crippen LogP contribution in [0.1, 0.15) is 36.1 Å². The summed E-state index contributed by atoms with van der Waals surface area (Å²) in [5.74, 6) is 0.985. The molecule has 196 valence electrons. The normalized spacial score (nSPS) is 11.8. The van der Waals surface area contributed by atoms with Gasteiger partial charge in [0.25, 0.3) is 0 Å². The van der Waals surface area contributed by atoms with Crippen LogP contribution in [0, 0.1) is 12.8 Å². The molecule has 7 heteroatoms. The Balaban J connectivity index is 1.87. The Morgan fingerprint density at radius 3 is 2.35 bits per heavy atom. The lowest BCUT2D eigenvalue weighted by Gasteiger charge is -2.32. The lowest BCUT2D eigenvalue weighted by molar-refractivity contribution is -0.139. The number of carbonyl (C=O) groups is 2. The van der Waals surface area contributed by atoms with Crippen LogP contribution < -0.4 is 5.32 Å². The van der Waals surface area contributed by atoms with Crippen LogP contribution in [0.25, 0.3) is 0 Å². The van der Waals surface area contributed by atoms with Gasteiger partial charge < -0.3 is 10.2 Å². The predicted octanol–water partition coefficient (Wildman–Crippen LogP) is 6.95. The number of hydrogen-bond acceptors (Lipinski definition) is 3. The van der Waals surface area contributed by atoms with Crippen molar-refractivity contribution in [2.45, 2.75) is 45.5 Å². The van der Waals surface area contributed by atoms with E-state index in [0.29, 0.717) is 34.7 Å². The van der Waals surface area contributed by atoms with Crippen LogP contribution in [-0.2, 0) is 28.3 Å². The summed E-state index contributed by atoms with van der Waals surface area (Å²) in [5, 5.41) is 4.04. The number of hydrogen-bond donors (Lipinski definition) is 1. The minimum Gasteiger partial charge on any atom is -0.354 e. The molecule has 4 nitrogen and oxygen atoms in total. The summed E-state index contributed by atoms with van der Waals surface area (Å²) in [6.07, 6.45) is 0.407. The minimum absolute atomic E-state index is 0.107. The monoisotopic (exact) mass is 556 g/mol. The molecule has 0 aromatic heterocycles. The Labute approximate surface area is 234 Å². The van der Waals surface area contributed by atoms with Crippen molar-refractivity contribution >= 4 is 46.8 Å². The smallest absolute Gasteiger partial charge is 0.243 e. The fraction of sp³-hybridized carbons (Fsp3) is 0.333. The fourth-order valence-corrected chi connectivity index (χ4v) is 5.28. The van der Waals surface area contributed by atoms with Crippen molar-refractivity contribution in [3.8, 4) is 0 Å². The van der Waals surface area contributed by atoms with E-state index in [0.717, 1.165) is 11.1 Å². The number of halogens is 2. The summed E-state index contributed by atoms with van der Waals surface area (Å²) < 4.78 is 0. The van der Waals surface area contributed by atoms with Crippen molar-refractivity contribution in [2.24, 2.45) is 5.92 Å². The molecule has 0 bridgehead atoms. The molecule has 0 aliphatic rings. The van der Waals surface area contributed by atoms with Gasteiger partial charge in [0.2, 0.25) is 11.8 Å². The zero-order valence-electron chi connectivity index (χ0n) is 21.5. The summed E-state index contributed by atoms with van der Waals surface area (Å²) in [6, 6.07) is 22.6. The molecule has 0 saturated carbocycles. The summed E-state index contributed by atoms with van der Waals surface area (Å²) in [5.41, 5.74) is 4.09. The minimum atomic E-state index is -0.681. The van der Waals surface area contributed by atoms with Crippen molar-refractivity contribution in [3.05, 3.63) is 105 Å². The first-order chi connectivity index (χ1) is 17.7. The van der Waals surface area contributed by atoms with E-state index in [-0.39, 0.29) is 24.1 Å². The molecule has 0 fully saturated rings. The van der Waals surface area contributed by atoms with Gasteiger partial charge in [0, 0.05) is 35.3 Å². The van der Waals surface area contributed by atoms with E-state index in [4.69, 9.17) is 23.2 Å². The highest BCUT2D eigenvalue weighted by Gasteiger charge is 2.30. The molecule has 0 spiro atoms. The van der Waals surface area contributed by atoms with E-state index in [1.807, 2.05) is 56.3 Å². The van der Waals surface area contributed by atoms with Gasteiger partial charge in [0.15, 0.2) is 0 Å². The fourth-order valence-electron chi connectivity index (χ4n) is 3.95. The van der Waals surface area contributed by atoms with Crippen LogP contribution in [0.5, 0.6) is 0 Å². The maximum absolute atomic E-state index is 13.7. The first-order valence-corrected chi connectivity index (χ1v) is 14.3. The molecule has 2 amide bonds. The van der Waals surface area contributed by atoms with Crippen LogP contribution >= 0.6 is 35.0 Å². The first kappa shape index (κ1) is 29.1. The lowest BCUT2D eigenvalue weighted by atomic mass is 10.0. The van der Waals surface area contributed by atoms with E-state index in [2.05, 4.69) is 30.4 Å². The molecule has 1 atom stereocenters. The quantitative estimate of drug-likeness (QED) is 0.262. The predicted molar refractivity (Wildman–Crippen MR) is 156 cm³/mol. The third-order valence-corrected chi connectivity index (χ3v) is 7.46. The number of amides is 2. The number of rotatable bonds is 12. The molecule has 1 N–H and O–H groups in total. The van der Waals surface area contributed by atoms with Crippen molar-refractivity contribution < 1.29 is 9.59 Å². The molecular formula is C30H34Cl2N2O2S. The molecule has 3 aromatic carbocycles. The molecule has 0 saturated heterocycles. The van der Waals surface area contributed by atoms with E-state index >= 15 is 0 Å². The van der Waals surface area contributed by atoms with Gasteiger partial charge in [-0.15, -0.1) is 11.8 Å². The number of carbonyl (C=O) groups excluding carboxylic acids is 2. The zero-order chi connectivity index (χ0) is 26.8. The van der Waals surface area contributed by atoms with Gasteiger partial charge in [0.1, 0.15) is 6.04 Å². The van der Waals surface area contributed by atoms with Crippen LogP contribution in [0.4, 0.5) is 0 Å². The van der Waals surface area contributed by atoms with Crippen LogP contribution in [-0.4, -0.2) is 35.1 Å². The van der Waals surface area contributed by atoms with E-state index < -0.39 is 6.04 Å². The second-order valence-electron chi connectivity index (χ2n) is 9.58. The topological polar surface area (TPSA) is 49.4 Å². The number of nitrogens with zero attached hydrogens (tertiary/aromatic N) is 1. The summed E-state index contributed by atoms with van der Waals surface area (Å²) >= 11 is 14.2. The number of benzene rings is 3. The van der Waals surface area contributed by atoms with Crippen molar-refractivity contribution in [1.29, 1.82) is 0 Å². The molecule has 1 unspecified atom stereocenters. The maximum Gasteiger partial charge on any atom is 0.243 e. The third-order valence-electron chi connectivity index (χ3n) is 5.89. The molecule has 37 heavy (non-hydrogen) atoms. The number of nitrogens with one attached hydrogen (secondary N) is 1. The van der Waals surface area contributed by atoms with Gasteiger partial charge in [-0.3, -0.25) is 9.59 Å². The second kappa shape index (κ2) is 14.5. The van der Waals surface area contributed by atoms with E-state index in [1.54, 1.807) is 28.8 Å². The zero-order valence-corrected chi connectivity index (χ0v) is 23.9. The summed E-state index contributed by atoms with van der Waals surface area (Å²) in [4.78, 5) is 28.9. The lowest BCUT2D eigenvalue weighted by Crippen LogP contribution is -2.51. The highest BCUT2D eigenvalue weighted by molar-refractivity contribution is 7.99. The van der Waals surface area contributed by atoms with Crippen LogP contribution in [0.15, 0.2) is 72.8 Å². The Kier molecular flexibility index (Phi) is 11.4. The van der Waals surface area contributed by atoms with Crippen molar-refractivity contribution in [1.82, 2.24) is 10.2 Å². The highest BCUT2D eigenvalue weighted by atomic mass is 35.5. The molecule has 3 rings (SSSR count). The SMILES string of the molecule is Cc1cccc(CSCC(=O)N(Cc2ccc(Cl)cc2Cl)C(Cc2ccccc2)C(=O)NCC(C)C)c1. The molecule has 0 aliphatic carbocycles. The molecule has 0 radical (unpaired) electrons. The highest BCUT2D eigenvalue weighted by Crippen LogP contribution is 2.25. The Morgan fingerprint density at radius 1 is 0.946 bits per heavy atom. The third kappa shape index (κ3) is 9.41. The first-order valence-electron chi connectivity index (χ1n) is 12.4. The Bertz CT molecular complexity index is 1190. The second-order valence-corrected chi connectivity index (χ2v) is 11.4. The number of thioether (sulfide) groups is 1. The van der Waals surface area contributed by atoms with Crippen LogP contribution in [0.3, 0.4) is 0 Å². The van der Waals surface area contributed by atoms with E-state index in [9.17, 15) is 9.59 Å². The van der Waals surface area contributed by atoms with Gasteiger partial charge in [-0.25, -0.2) is 0 Å². The Hall–Kier alpha value is -2.47.